The average molecular weight is 326 g/mol. The Kier molecular flexibility index (Phi) is 5.05. The predicted octanol–water partition coefficient (Wildman–Crippen LogP) is 3.92. The van der Waals surface area contributed by atoms with Crippen molar-refractivity contribution in [1.29, 1.82) is 0 Å². The van der Waals surface area contributed by atoms with Crippen LogP contribution < -0.4 is 10.1 Å². The molecule has 0 fully saturated rings. The van der Waals surface area contributed by atoms with Gasteiger partial charge in [0.2, 0.25) is 0 Å². The van der Waals surface area contributed by atoms with Gasteiger partial charge >= 0.3 is 0 Å². The van der Waals surface area contributed by atoms with Crippen LogP contribution in [-0.2, 0) is 0 Å². The van der Waals surface area contributed by atoms with Crippen molar-refractivity contribution in [2.75, 3.05) is 25.1 Å². The minimum atomic E-state index is -0.506. The molecule has 2 heterocycles. The summed E-state index contributed by atoms with van der Waals surface area (Å²) in [5.41, 5.74) is 3.55. The highest BCUT2D eigenvalue weighted by molar-refractivity contribution is 5.69. The van der Waals surface area contributed by atoms with Crippen LogP contribution in [0.1, 0.15) is 6.92 Å². The summed E-state index contributed by atoms with van der Waals surface area (Å²) in [5.74, 6) is 1.48. The normalized spacial score (nSPS) is 10.6. The Balaban J connectivity index is 1.80. The van der Waals surface area contributed by atoms with Crippen molar-refractivity contribution in [3.8, 4) is 28.3 Å². The van der Waals surface area contributed by atoms with Gasteiger partial charge in [-0.15, -0.1) is 0 Å². The Morgan fingerprint density at radius 3 is 2.83 bits per heavy atom. The number of rotatable bonds is 7. The smallest absolute Gasteiger partial charge is 0.125 e. The predicted molar refractivity (Wildman–Crippen MR) is 92.9 cm³/mol. The van der Waals surface area contributed by atoms with Gasteiger partial charge in [-0.1, -0.05) is 12.1 Å². The third-order valence-electron chi connectivity index (χ3n) is 3.49. The highest BCUT2D eigenvalue weighted by Gasteiger charge is 2.07. The maximum absolute atomic E-state index is 12.2. The number of hydrogen-bond acceptors (Lipinski definition) is 4. The van der Waals surface area contributed by atoms with Crippen LogP contribution in [0, 0.1) is 0 Å². The van der Waals surface area contributed by atoms with Crippen LogP contribution in [0.25, 0.3) is 22.5 Å². The van der Waals surface area contributed by atoms with Crippen molar-refractivity contribution in [1.82, 2.24) is 15.2 Å². The summed E-state index contributed by atoms with van der Waals surface area (Å²) in [7, 11) is 0. The van der Waals surface area contributed by atoms with Crippen molar-refractivity contribution in [3.05, 3.63) is 48.7 Å². The van der Waals surface area contributed by atoms with Gasteiger partial charge < -0.3 is 10.1 Å². The Morgan fingerprint density at radius 2 is 2.08 bits per heavy atom. The molecule has 3 rings (SSSR count). The number of nitrogens with zero attached hydrogens (tertiary/aromatic N) is 2. The molecule has 0 saturated heterocycles. The quantitative estimate of drug-likeness (QED) is 0.691. The first-order valence-electron chi connectivity index (χ1n) is 7.85. The molecule has 0 radical (unpaired) electrons. The number of hydrogen-bond donors (Lipinski definition) is 2. The average Bonchev–Trinajstić information content (AvgIpc) is 3.11. The van der Waals surface area contributed by atoms with Crippen LogP contribution in [0.2, 0.25) is 0 Å². The summed E-state index contributed by atoms with van der Waals surface area (Å²) >= 11 is 0. The van der Waals surface area contributed by atoms with E-state index in [-0.39, 0.29) is 6.61 Å². The number of aromatic amines is 1. The van der Waals surface area contributed by atoms with Gasteiger partial charge in [-0.25, -0.2) is 9.37 Å². The Bertz CT molecular complexity index is 786. The van der Waals surface area contributed by atoms with E-state index in [4.69, 9.17) is 4.74 Å². The highest BCUT2D eigenvalue weighted by atomic mass is 19.1. The maximum atomic E-state index is 12.2. The molecule has 0 aliphatic rings. The first-order chi connectivity index (χ1) is 11.8. The summed E-state index contributed by atoms with van der Waals surface area (Å²) in [6.07, 6.45) is 1.79. The number of benzene rings is 1. The van der Waals surface area contributed by atoms with Crippen LogP contribution in [0.3, 0.4) is 0 Å². The molecule has 0 spiro atoms. The number of H-pyrrole nitrogens is 1. The fraction of sp³-hybridized carbons (Fsp3) is 0.222. The van der Waals surface area contributed by atoms with Gasteiger partial charge in [-0.2, -0.15) is 5.10 Å². The molecule has 5 nitrogen and oxygen atoms in total. The van der Waals surface area contributed by atoms with E-state index in [0.29, 0.717) is 5.75 Å². The van der Waals surface area contributed by atoms with Crippen molar-refractivity contribution in [2.24, 2.45) is 0 Å². The second kappa shape index (κ2) is 7.59. The first kappa shape index (κ1) is 16.0. The lowest BCUT2D eigenvalue weighted by atomic mass is 10.1. The zero-order valence-electron chi connectivity index (χ0n) is 13.4. The molecule has 0 aliphatic carbocycles. The van der Waals surface area contributed by atoms with Crippen LogP contribution >= 0.6 is 0 Å². The molecule has 3 aromatic rings. The number of ether oxygens (including phenoxy) is 1. The van der Waals surface area contributed by atoms with Crippen molar-refractivity contribution in [3.63, 3.8) is 0 Å². The topological polar surface area (TPSA) is 62.8 Å². The van der Waals surface area contributed by atoms with Gasteiger partial charge in [0.1, 0.15) is 24.8 Å². The second-order valence-corrected chi connectivity index (χ2v) is 5.19. The maximum Gasteiger partial charge on any atom is 0.125 e. The Hall–Kier alpha value is -2.89. The summed E-state index contributed by atoms with van der Waals surface area (Å²) in [6, 6.07) is 13.4. The van der Waals surface area contributed by atoms with E-state index in [1.54, 1.807) is 12.3 Å². The molecular formula is C18H19FN4O. The zero-order valence-corrected chi connectivity index (χ0v) is 13.4. The van der Waals surface area contributed by atoms with Gasteiger partial charge in [0.05, 0.1) is 11.4 Å². The molecule has 6 heteroatoms. The van der Waals surface area contributed by atoms with Gasteiger partial charge in [-0.3, -0.25) is 5.10 Å². The lowest BCUT2D eigenvalue weighted by Gasteiger charge is -2.05. The molecule has 0 saturated carbocycles. The standard InChI is InChI=1S/C18H19FN4O/c1-2-20-18-7-6-14(12-21-18)17-11-16(22-23-17)13-4-3-5-15(10-13)24-9-8-19/h3-7,10-12H,2,8-9H2,1H3,(H,20,21)(H,22,23). The molecule has 24 heavy (non-hydrogen) atoms. The van der Waals surface area contributed by atoms with Crippen molar-refractivity contribution < 1.29 is 9.13 Å². The number of nitrogens with one attached hydrogen (secondary N) is 2. The van der Waals surface area contributed by atoms with E-state index in [9.17, 15) is 4.39 Å². The third-order valence-corrected chi connectivity index (χ3v) is 3.49. The van der Waals surface area contributed by atoms with Gasteiger partial charge in [0.25, 0.3) is 0 Å². The molecule has 1 aromatic carbocycles. The van der Waals surface area contributed by atoms with E-state index in [1.807, 2.05) is 43.3 Å². The van der Waals surface area contributed by atoms with E-state index in [0.717, 1.165) is 34.9 Å². The minimum Gasteiger partial charge on any atom is -0.491 e. The molecule has 2 aromatic heterocycles. The molecule has 0 bridgehead atoms. The number of alkyl halides is 1. The van der Waals surface area contributed by atoms with E-state index >= 15 is 0 Å². The largest absolute Gasteiger partial charge is 0.491 e. The fourth-order valence-electron chi connectivity index (χ4n) is 2.36. The van der Waals surface area contributed by atoms with E-state index in [2.05, 4.69) is 20.5 Å². The number of halogens is 1. The van der Waals surface area contributed by atoms with Crippen molar-refractivity contribution in [2.45, 2.75) is 6.92 Å². The van der Waals surface area contributed by atoms with E-state index < -0.39 is 6.67 Å². The molecular weight excluding hydrogens is 307 g/mol. The number of aromatic nitrogens is 3. The molecule has 2 N–H and O–H groups in total. The monoisotopic (exact) mass is 326 g/mol. The van der Waals surface area contributed by atoms with Gasteiger partial charge in [0, 0.05) is 23.9 Å². The molecule has 124 valence electrons. The Morgan fingerprint density at radius 1 is 1.17 bits per heavy atom. The van der Waals surface area contributed by atoms with Gasteiger partial charge in [0.15, 0.2) is 0 Å². The SMILES string of the molecule is CCNc1ccc(-c2cc(-c3cccc(OCCF)c3)[nH]n2)cn1. The van der Waals surface area contributed by atoms with Crippen LogP contribution in [-0.4, -0.2) is 35.0 Å². The summed E-state index contributed by atoms with van der Waals surface area (Å²) in [6.45, 7) is 2.41. The van der Waals surface area contributed by atoms with Crippen molar-refractivity contribution >= 4 is 5.82 Å². The zero-order chi connectivity index (χ0) is 16.8. The Labute approximate surface area is 139 Å². The lowest BCUT2D eigenvalue weighted by Crippen LogP contribution is -1.98. The van der Waals surface area contributed by atoms with Crippen LogP contribution in [0.4, 0.5) is 10.2 Å². The molecule has 0 atom stereocenters. The molecule has 0 aliphatic heterocycles. The number of pyridine rings is 1. The molecule has 0 amide bonds. The third kappa shape index (κ3) is 3.71. The first-order valence-corrected chi connectivity index (χ1v) is 7.85. The van der Waals surface area contributed by atoms with Gasteiger partial charge in [-0.05, 0) is 37.3 Å². The minimum absolute atomic E-state index is 0.0570. The summed E-state index contributed by atoms with van der Waals surface area (Å²) in [5, 5.41) is 10.5. The summed E-state index contributed by atoms with van der Waals surface area (Å²) in [4.78, 5) is 4.35. The van der Waals surface area contributed by atoms with Crippen LogP contribution in [0.5, 0.6) is 5.75 Å². The lowest BCUT2D eigenvalue weighted by molar-refractivity contribution is 0.273. The fourth-order valence-corrected chi connectivity index (χ4v) is 2.36. The summed E-state index contributed by atoms with van der Waals surface area (Å²) < 4.78 is 17.5. The highest BCUT2D eigenvalue weighted by Crippen LogP contribution is 2.26. The van der Waals surface area contributed by atoms with Crippen LogP contribution in [0.15, 0.2) is 48.7 Å². The van der Waals surface area contributed by atoms with E-state index in [1.165, 1.54) is 0 Å². The molecule has 0 unspecified atom stereocenters. The number of anilines is 1. The second-order valence-electron chi connectivity index (χ2n) is 5.19.